The normalized spacial score (nSPS) is 12.6. The van der Waals surface area contributed by atoms with Crippen LogP contribution in [0, 0.1) is 0 Å². The third-order valence-electron chi connectivity index (χ3n) is 4.71. The number of nitrogens with one attached hydrogen (secondary N) is 1. The summed E-state index contributed by atoms with van der Waals surface area (Å²) in [5.74, 6) is 0.161. The molecule has 1 N–H and O–H groups in total. The summed E-state index contributed by atoms with van der Waals surface area (Å²) in [6, 6.07) is 16.1. The molecule has 1 atom stereocenters. The number of sulfonamides is 1. The van der Waals surface area contributed by atoms with Gasteiger partial charge in [-0.15, -0.1) is 0 Å². The van der Waals surface area contributed by atoms with Crippen LogP contribution < -0.4 is 14.4 Å². The van der Waals surface area contributed by atoms with Crippen LogP contribution >= 0.6 is 11.6 Å². The first kappa shape index (κ1) is 25.4. The van der Waals surface area contributed by atoms with Crippen LogP contribution in [0.15, 0.2) is 72.8 Å². The molecule has 0 spiro atoms. The molecule has 0 aliphatic rings. The van der Waals surface area contributed by atoms with Crippen LogP contribution in [0.1, 0.15) is 12.5 Å². The van der Waals surface area contributed by atoms with Crippen molar-refractivity contribution in [3.8, 4) is 11.5 Å². The van der Waals surface area contributed by atoms with Gasteiger partial charge in [0.05, 0.1) is 28.2 Å². The summed E-state index contributed by atoms with van der Waals surface area (Å²) < 4.78 is 70.6. The Morgan fingerprint density at radius 2 is 1.59 bits per heavy atom. The van der Waals surface area contributed by atoms with E-state index >= 15 is 0 Å². The first-order valence-electron chi connectivity index (χ1n) is 9.86. The van der Waals surface area contributed by atoms with Crippen molar-refractivity contribution in [2.45, 2.75) is 19.1 Å². The van der Waals surface area contributed by atoms with E-state index in [1.54, 1.807) is 24.3 Å². The van der Waals surface area contributed by atoms with Gasteiger partial charge in [-0.05, 0) is 61.5 Å². The Balaban J connectivity index is 1.84. The number of rotatable bonds is 7. The van der Waals surface area contributed by atoms with Gasteiger partial charge in [0.2, 0.25) is 15.9 Å². The summed E-state index contributed by atoms with van der Waals surface area (Å²) in [6.07, 6.45) is -3.72. The molecule has 11 heteroatoms. The van der Waals surface area contributed by atoms with E-state index in [0.717, 1.165) is 22.7 Å². The fourth-order valence-electron chi connectivity index (χ4n) is 3.13. The Bertz CT molecular complexity index is 1270. The zero-order chi connectivity index (χ0) is 25.1. The van der Waals surface area contributed by atoms with Crippen molar-refractivity contribution in [3.63, 3.8) is 0 Å². The number of hydrogen-bond acceptors (Lipinski definition) is 4. The quantitative estimate of drug-likeness (QED) is 0.425. The number of amides is 1. The summed E-state index contributed by atoms with van der Waals surface area (Å²) in [7, 11) is -3.95. The average Bonchev–Trinajstić information content (AvgIpc) is 2.75. The molecular formula is C23H20ClF3N2O4S. The lowest BCUT2D eigenvalue weighted by Crippen LogP contribution is -2.45. The van der Waals surface area contributed by atoms with Crippen molar-refractivity contribution >= 4 is 38.9 Å². The molecule has 0 unspecified atom stereocenters. The van der Waals surface area contributed by atoms with E-state index in [1.165, 1.54) is 31.2 Å². The fraction of sp³-hybridized carbons (Fsp3) is 0.174. The van der Waals surface area contributed by atoms with Crippen LogP contribution in [0.25, 0.3) is 0 Å². The van der Waals surface area contributed by atoms with E-state index in [1.807, 2.05) is 6.07 Å². The third-order valence-corrected chi connectivity index (χ3v) is 6.28. The van der Waals surface area contributed by atoms with Gasteiger partial charge in [0.25, 0.3) is 0 Å². The number of ether oxygens (including phenoxy) is 1. The Kier molecular flexibility index (Phi) is 7.42. The number of carbonyl (C=O) groups excluding carboxylic acids is 1. The van der Waals surface area contributed by atoms with Crippen LogP contribution in [-0.2, 0) is 21.0 Å². The van der Waals surface area contributed by atoms with Crippen LogP contribution in [0.2, 0.25) is 5.02 Å². The lowest BCUT2D eigenvalue weighted by molar-refractivity contribution is -0.137. The largest absolute Gasteiger partial charge is 0.457 e. The fourth-order valence-corrected chi connectivity index (χ4v) is 4.47. The van der Waals surface area contributed by atoms with Crippen molar-refractivity contribution < 1.29 is 31.1 Å². The number of anilines is 2. The Morgan fingerprint density at radius 1 is 1.00 bits per heavy atom. The smallest absolute Gasteiger partial charge is 0.416 e. The number of benzene rings is 3. The molecule has 3 aromatic carbocycles. The minimum atomic E-state index is -4.64. The van der Waals surface area contributed by atoms with Crippen LogP contribution in [0.3, 0.4) is 0 Å². The molecule has 0 aromatic heterocycles. The predicted octanol–water partition coefficient (Wildman–Crippen LogP) is 5.94. The number of carbonyl (C=O) groups is 1. The minimum Gasteiger partial charge on any atom is -0.457 e. The molecule has 0 bridgehead atoms. The molecule has 0 radical (unpaired) electrons. The summed E-state index contributed by atoms with van der Waals surface area (Å²) in [5.41, 5.74) is -1.12. The van der Waals surface area contributed by atoms with Gasteiger partial charge in [0.1, 0.15) is 17.5 Å². The highest BCUT2D eigenvalue weighted by atomic mass is 35.5. The lowest BCUT2D eigenvalue weighted by Gasteiger charge is -2.28. The standard InChI is InChI=1S/C23H20ClF3N2O4S/c1-15(22(30)28-21-14-16(23(25,26)27)8-13-20(21)24)29(34(2,31)32)17-9-11-19(12-10-17)33-18-6-4-3-5-7-18/h3-15H,1-2H3,(H,28,30)/t15-/m1/s1. The van der Waals surface area contributed by atoms with Crippen molar-refractivity contribution in [1.29, 1.82) is 0 Å². The first-order valence-corrected chi connectivity index (χ1v) is 12.1. The van der Waals surface area contributed by atoms with Crippen molar-refractivity contribution in [2.24, 2.45) is 0 Å². The van der Waals surface area contributed by atoms with Gasteiger partial charge in [0.15, 0.2) is 0 Å². The summed E-state index contributed by atoms with van der Waals surface area (Å²) in [4.78, 5) is 12.8. The average molecular weight is 513 g/mol. The molecule has 6 nitrogen and oxygen atoms in total. The van der Waals surface area contributed by atoms with Gasteiger partial charge in [-0.3, -0.25) is 9.10 Å². The molecule has 180 valence electrons. The van der Waals surface area contributed by atoms with E-state index < -0.39 is 33.7 Å². The molecule has 0 saturated heterocycles. The number of para-hydroxylation sites is 1. The molecular weight excluding hydrogens is 493 g/mol. The molecule has 3 rings (SSSR count). The molecule has 1 amide bonds. The van der Waals surface area contributed by atoms with E-state index in [0.29, 0.717) is 17.6 Å². The topological polar surface area (TPSA) is 75.7 Å². The van der Waals surface area contributed by atoms with E-state index in [-0.39, 0.29) is 16.4 Å². The van der Waals surface area contributed by atoms with Gasteiger partial charge in [-0.25, -0.2) is 8.42 Å². The van der Waals surface area contributed by atoms with Gasteiger partial charge < -0.3 is 10.1 Å². The number of hydrogen-bond donors (Lipinski definition) is 1. The summed E-state index contributed by atoms with van der Waals surface area (Å²) in [6.45, 7) is 1.31. The Morgan fingerprint density at radius 3 is 2.15 bits per heavy atom. The highest BCUT2D eigenvalue weighted by molar-refractivity contribution is 7.92. The second-order valence-corrected chi connectivity index (χ2v) is 9.59. The maximum Gasteiger partial charge on any atom is 0.416 e. The maximum atomic E-state index is 13.0. The zero-order valence-corrected chi connectivity index (χ0v) is 19.6. The molecule has 0 aliphatic heterocycles. The van der Waals surface area contributed by atoms with Crippen LogP contribution in [-0.4, -0.2) is 26.6 Å². The highest BCUT2D eigenvalue weighted by Crippen LogP contribution is 2.34. The lowest BCUT2D eigenvalue weighted by atomic mass is 10.2. The second kappa shape index (κ2) is 9.94. The summed E-state index contributed by atoms with van der Waals surface area (Å²) in [5, 5.41) is 2.16. The molecule has 0 fully saturated rings. The maximum absolute atomic E-state index is 13.0. The molecule has 0 aliphatic carbocycles. The van der Waals surface area contributed by atoms with E-state index in [4.69, 9.17) is 16.3 Å². The van der Waals surface area contributed by atoms with Crippen molar-refractivity contribution in [1.82, 2.24) is 0 Å². The number of halogens is 4. The SMILES string of the molecule is C[C@H](C(=O)Nc1cc(C(F)(F)F)ccc1Cl)N(c1ccc(Oc2ccccc2)cc1)S(C)(=O)=O. The monoisotopic (exact) mass is 512 g/mol. The Hall–Kier alpha value is -3.24. The molecule has 3 aromatic rings. The number of alkyl halides is 3. The number of nitrogens with zero attached hydrogens (tertiary/aromatic N) is 1. The van der Waals surface area contributed by atoms with Crippen molar-refractivity contribution in [3.05, 3.63) is 83.4 Å². The Labute approximate surface area is 200 Å². The molecule has 0 heterocycles. The van der Waals surface area contributed by atoms with Crippen LogP contribution in [0.5, 0.6) is 11.5 Å². The van der Waals surface area contributed by atoms with E-state index in [9.17, 15) is 26.4 Å². The van der Waals surface area contributed by atoms with Gasteiger partial charge in [-0.2, -0.15) is 13.2 Å². The third kappa shape index (κ3) is 6.21. The zero-order valence-electron chi connectivity index (χ0n) is 18.0. The van der Waals surface area contributed by atoms with Gasteiger partial charge in [-0.1, -0.05) is 29.8 Å². The molecule has 0 saturated carbocycles. The second-order valence-electron chi connectivity index (χ2n) is 7.33. The predicted molar refractivity (Wildman–Crippen MR) is 125 cm³/mol. The summed E-state index contributed by atoms with van der Waals surface area (Å²) >= 11 is 5.94. The van der Waals surface area contributed by atoms with Gasteiger partial charge in [0, 0.05) is 0 Å². The minimum absolute atomic E-state index is 0.123. The first-order chi connectivity index (χ1) is 15.9. The van der Waals surface area contributed by atoms with Crippen LogP contribution in [0.4, 0.5) is 24.5 Å². The van der Waals surface area contributed by atoms with Crippen molar-refractivity contribution in [2.75, 3.05) is 15.9 Å². The highest BCUT2D eigenvalue weighted by Gasteiger charge is 2.32. The van der Waals surface area contributed by atoms with E-state index in [2.05, 4.69) is 5.32 Å². The molecule has 34 heavy (non-hydrogen) atoms. The van der Waals surface area contributed by atoms with Gasteiger partial charge >= 0.3 is 6.18 Å².